The maximum absolute atomic E-state index is 12.1. The van der Waals surface area contributed by atoms with Crippen LogP contribution in [-0.4, -0.2) is 65.9 Å². The van der Waals surface area contributed by atoms with Gasteiger partial charge in [0.25, 0.3) is 5.91 Å². The van der Waals surface area contributed by atoms with Gasteiger partial charge in [0.1, 0.15) is 5.65 Å². The summed E-state index contributed by atoms with van der Waals surface area (Å²) in [4.78, 5) is 24.9. The first-order valence-corrected chi connectivity index (χ1v) is 11.4. The summed E-state index contributed by atoms with van der Waals surface area (Å²) in [7, 11) is 3.83. The molecule has 2 N–H and O–H groups in total. The van der Waals surface area contributed by atoms with Gasteiger partial charge in [0.2, 0.25) is 0 Å². The van der Waals surface area contributed by atoms with Gasteiger partial charge in [-0.15, -0.1) is 0 Å². The van der Waals surface area contributed by atoms with Gasteiger partial charge < -0.3 is 15.2 Å². The number of nitrogens with one attached hydrogen (secondary N) is 2. The number of hydrogen-bond donors (Lipinski definition) is 2. The molecule has 1 saturated heterocycles. The van der Waals surface area contributed by atoms with E-state index in [0.717, 1.165) is 66.0 Å². The predicted molar refractivity (Wildman–Crippen MR) is 133 cm³/mol. The average Bonchev–Trinajstić information content (AvgIpc) is 3.29. The lowest BCUT2D eigenvalue weighted by atomic mass is 10.00. The van der Waals surface area contributed by atoms with E-state index in [1.165, 1.54) is 5.56 Å². The quantitative estimate of drug-likeness (QED) is 0.493. The van der Waals surface area contributed by atoms with E-state index in [0.29, 0.717) is 5.56 Å². The van der Waals surface area contributed by atoms with E-state index in [4.69, 9.17) is 0 Å². The van der Waals surface area contributed by atoms with Crippen LogP contribution in [0.15, 0.2) is 67.0 Å². The summed E-state index contributed by atoms with van der Waals surface area (Å²) in [5.41, 5.74) is 7.08. The van der Waals surface area contributed by atoms with E-state index in [9.17, 15) is 4.79 Å². The van der Waals surface area contributed by atoms with Crippen molar-refractivity contribution in [2.24, 2.45) is 0 Å². The number of aromatic nitrogens is 2. The fourth-order valence-electron chi connectivity index (χ4n) is 4.44. The van der Waals surface area contributed by atoms with Crippen molar-refractivity contribution in [2.75, 3.05) is 40.3 Å². The molecule has 0 atom stereocenters. The standard InChI is InChI=1S/C27H29N5O/c1-28-27(33)22-5-3-4-21(14-22)25-17-30-26-24(25)15-23(16-29-26)20-8-6-19(7-9-20)18-32-12-10-31(2)11-13-32/h3-9,14-17H,10-13,18H2,1-2H3,(H,28,33)(H,29,30). The minimum Gasteiger partial charge on any atom is -0.355 e. The van der Waals surface area contributed by atoms with E-state index in [-0.39, 0.29) is 5.91 Å². The molecule has 0 radical (unpaired) electrons. The van der Waals surface area contributed by atoms with Crippen LogP contribution in [0.4, 0.5) is 0 Å². The summed E-state index contributed by atoms with van der Waals surface area (Å²) < 4.78 is 0. The number of H-pyrrole nitrogens is 1. The molecule has 6 nitrogen and oxygen atoms in total. The number of piperazine rings is 1. The van der Waals surface area contributed by atoms with Crippen molar-refractivity contribution in [3.8, 4) is 22.3 Å². The number of nitrogens with zero attached hydrogens (tertiary/aromatic N) is 3. The Morgan fingerprint density at radius 1 is 1.00 bits per heavy atom. The van der Waals surface area contributed by atoms with Gasteiger partial charge in [-0.05, 0) is 41.9 Å². The average molecular weight is 440 g/mol. The Kier molecular flexibility index (Phi) is 5.94. The monoisotopic (exact) mass is 439 g/mol. The maximum atomic E-state index is 12.1. The molecular weight excluding hydrogens is 410 g/mol. The summed E-state index contributed by atoms with van der Waals surface area (Å²) >= 11 is 0. The molecule has 2 aromatic carbocycles. The molecule has 3 heterocycles. The zero-order valence-corrected chi connectivity index (χ0v) is 19.1. The molecule has 0 unspecified atom stereocenters. The molecule has 168 valence electrons. The third kappa shape index (κ3) is 4.53. The van der Waals surface area contributed by atoms with E-state index in [1.807, 2.05) is 36.7 Å². The fraction of sp³-hybridized carbons (Fsp3) is 0.259. The number of hydrogen-bond acceptors (Lipinski definition) is 4. The van der Waals surface area contributed by atoms with Crippen molar-refractivity contribution >= 4 is 16.9 Å². The van der Waals surface area contributed by atoms with Crippen molar-refractivity contribution in [2.45, 2.75) is 6.54 Å². The zero-order chi connectivity index (χ0) is 22.8. The molecule has 0 spiro atoms. The molecule has 6 heteroatoms. The van der Waals surface area contributed by atoms with Crippen molar-refractivity contribution in [1.82, 2.24) is 25.1 Å². The Hall–Kier alpha value is -3.48. The lowest BCUT2D eigenvalue weighted by molar-refractivity contribution is 0.0963. The first kappa shape index (κ1) is 21.4. The second kappa shape index (κ2) is 9.17. The lowest BCUT2D eigenvalue weighted by Gasteiger charge is -2.32. The minimum absolute atomic E-state index is 0.0906. The van der Waals surface area contributed by atoms with Crippen LogP contribution in [0.5, 0.6) is 0 Å². The van der Waals surface area contributed by atoms with Crippen molar-refractivity contribution in [1.29, 1.82) is 0 Å². The molecule has 5 rings (SSSR count). The molecular formula is C27H29N5O. The number of benzene rings is 2. The Bertz CT molecular complexity index is 1270. The van der Waals surface area contributed by atoms with Crippen molar-refractivity contribution in [3.05, 3.63) is 78.1 Å². The van der Waals surface area contributed by atoms with Gasteiger partial charge in [-0.3, -0.25) is 9.69 Å². The van der Waals surface area contributed by atoms with Crippen LogP contribution >= 0.6 is 0 Å². The topological polar surface area (TPSA) is 64.3 Å². The zero-order valence-electron chi connectivity index (χ0n) is 19.1. The molecule has 1 amide bonds. The Morgan fingerprint density at radius 3 is 2.55 bits per heavy atom. The fourth-order valence-corrected chi connectivity index (χ4v) is 4.44. The van der Waals surface area contributed by atoms with Gasteiger partial charge in [0, 0.05) is 74.2 Å². The third-order valence-corrected chi connectivity index (χ3v) is 6.48. The summed E-state index contributed by atoms with van der Waals surface area (Å²) in [6, 6.07) is 18.7. The number of aromatic amines is 1. The molecule has 1 aliphatic heterocycles. The van der Waals surface area contributed by atoms with Gasteiger partial charge in [-0.25, -0.2) is 4.98 Å². The summed E-state index contributed by atoms with van der Waals surface area (Å²) in [5.74, 6) is -0.0906. The normalized spacial score (nSPS) is 15.1. The van der Waals surface area contributed by atoms with E-state index in [1.54, 1.807) is 7.05 Å². The number of fused-ring (bicyclic) bond motifs is 1. The van der Waals surface area contributed by atoms with Gasteiger partial charge >= 0.3 is 0 Å². The molecule has 0 aliphatic carbocycles. The molecule has 0 bridgehead atoms. The highest BCUT2D eigenvalue weighted by Crippen LogP contribution is 2.31. The highest BCUT2D eigenvalue weighted by molar-refractivity contribution is 5.99. The first-order chi connectivity index (χ1) is 16.1. The third-order valence-electron chi connectivity index (χ3n) is 6.48. The molecule has 2 aromatic heterocycles. The van der Waals surface area contributed by atoms with Crippen LogP contribution in [0.25, 0.3) is 33.3 Å². The van der Waals surface area contributed by atoms with Crippen LogP contribution in [0.3, 0.4) is 0 Å². The van der Waals surface area contributed by atoms with Crippen LogP contribution in [0, 0.1) is 0 Å². The Balaban J connectivity index is 1.40. The number of amides is 1. The maximum Gasteiger partial charge on any atom is 0.251 e. The number of likely N-dealkylation sites (N-methyl/N-ethyl adjacent to an activating group) is 1. The predicted octanol–water partition coefficient (Wildman–Crippen LogP) is 4.00. The first-order valence-electron chi connectivity index (χ1n) is 11.4. The van der Waals surface area contributed by atoms with E-state index in [2.05, 4.69) is 62.5 Å². The SMILES string of the molecule is CNC(=O)c1cccc(-c2c[nH]c3ncc(-c4ccc(CN5CCN(C)CC5)cc4)cc23)c1. The number of carbonyl (C=O) groups is 1. The summed E-state index contributed by atoms with van der Waals surface area (Å²) in [6.45, 7) is 5.51. The van der Waals surface area contributed by atoms with Crippen molar-refractivity contribution < 1.29 is 4.79 Å². The number of carbonyl (C=O) groups excluding carboxylic acids is 1. The minimum atomic E-state index is -0.0906. The summed E-state index contributed by atoms with van der Waals surface area (Å²) in [5, 5.41) is 3.73. The molecule has 1 aliphatic rings. The highest BCUT2D eigenvalue weighted by Gasteiger charge is 2.14. The van der Waals surface area contributed by atoms with Gasteiger partial charge in [0.15, 0.2) is 0 Å². The number of rotatable bonds is 5. The van der Waals surface area contributed by atoms with E-state index < -0.39 is 0 Å². The smallest absolute Gasteiger partial charge is 0.251 e. The lowest BCUT2D eigenvalue weighted by Crippen LogP contribution is -2.43. The number of pyridine rings is 1. The Labute approximate surface area is 194 Å². The molecule has 4 aromatic rings. The van der Waals surface area contributed by atoms with E-state index >= 15 is 0 Å². The van der Waals surface area contributed by atoms with Crippen LogP contribution < -0.4 is 5.32 Å². The van der Waals surface area contributed by atoms with Gasteiger partial charge in [-0.2, -0.15) is 0 Å². The van der Waals surface area contributed by atoms with Gasteiger partial charge in [-0.1, -0.05) is 36.4 Å². The second-order valence-electron chi connectivity index (χ2n) is 8.76. The highest BCUT2D eigenvalue weighted by atomic mass is 16.1. The van der Waals surface area contributed by atoms with Gasteiger partial charge in [0.05, 0.1) is 0 Å². The molecule has 1 fully saturated rings. The summed E-state index contributed by atoms with van der Waals surface area (Å²) in [6.07, 6.45) is 3.88. The van der Waals surface area contributed by atoms with Crippen LogP contribution in [0.2, 0.25) is 0 Å². The van der Waals surface area contributed by atoms with Crippen LogP contribution in [-0.2, 0) is 6.54 Å². The van der Waals surface area contributed by atoms with Crippen molar-refractivity contribution in [3.63, 3.8) is 0 Å². The Morgan fingerprint density at radius 2 is 1.79 bits per heavy atom. The molecule has 33 heavy (non-hydrogen) atoms. The largest absolute Gasteiger partial charge is 0.355 e. The molecule has 0 saturated carbocycles. The second-order valence-corrected chi connectivity index (χ2v) is 8.76. The van der Waals surface area contributed by atoms with Crippen LogP contribution in [0.1, 0.15) is 15.9 Å².